The average Bonchev–Trinajstić information content (AvgIpc) is 2.79. The second kappa shape index (κ2) is 11.4. The van der Waals surface area contributed by atoms with Gasteiger partial charge < -0.3 is 15.0 Å². The van der Waals surface area contributed by atoms with Gasteiger partial charge in [-0.3, -0.25) is 14.3 Å². The number of hydrogen-bond donors (Lipinski definition) is 2. The molecule has 1 aliphatic rings. The molecule has 2 aromatic rings. The number of amides is 1. The van der Waals surface area contributed by atoms with Gasteiger partial charge in [0.15, 0.2) is 0 Å². The summed E-state index contributed by atoms with van der Waals surface area (Å²) in [6.07, 6.45) is 3.34. The number of hydrogen-bond acceptors (Lipinski definition) is 6. The number of carbonyl (C=O) groups excluding carboxylic acids is 2. The van der Waals surface area contributed by atoms with Crippen LogP contribution in [-0.4, -0.2) is 46.2 Å². The fourth-order valence-electron chi connectivity index (χ4n) is 3.76. The highest BCUT2D eigenvalue weighted by Crippen LogP contribution is 2.26. The van der Waals surface area contributed by atoms with Crippen LogP contribution < -0.4 is 14.9 Å². The summed E-state index contributed by atoms with van der Waals surface area (Å²) in [6, 6.07) is 13.0. The van der Waals surface area contributed by atoms with Crippen LogP contribution in [0.25, 0.3) is 0 Å². The summed E-state index contributed by atoms with van der Waals surface area (Å²) in [5.41, 5.74) is 1.91. The molecule has 3 rings (SSSR count). The highest BCUT2D eigenvalue weighted by atomic mass is 35.5. The standard InChI is InChI=1S/C23H28ClN3O5S/c1-32-23(29)15-21(19-7-3-4-8-20(19)24)25-22(28)16-33(30,31)26-17-9-11-18(12-10-17)27-13-5-2-6-14-27/h3-4,7-12,21,26H,2,5-6,13-16H2,1H3,(H,25,28). The maximum absolute atomic E-state index is 12.6. The summed E-state index contributed by atoms with van der Waals surface area (Å²) in [4.78, 5) is 26.6. The van der Waals surface area contributed by atoms with Crippen molar-refractivity contribution in [2.45, 2.75) is 31.7 Å². The fraction of sp³-hybridized carbons (Fsp3) is 0.391. The SMILES string of the molecule is COC(=O)CC(NC(=O)CS(=O)(=O)Nc1ccc(N2CCCCC2)cc1)c1ccccc1Cl. The van der Waals surface area contributed by atoms with Gasteiger partial charge in [0.25, 0.3) is 0 Å². The number of nitrogens with one attached hydrogen (secondary N) is 2. The zero-order chi connectivity index (χ0) is 23.8. The normalized spacial score (nSPS) is 14.9. The first kappa shape index (κ1) is 24.9. The third-order valence-electron chi connectivity index (χ3n) is 5.40. The van der Waals surface area contributed by atoms with Crippen LogP contribution in [0.1, 0.15) is 37.3 Å². The molecule has 0 spiro atoms. The van der Waals surface area contributed by atoms with Crippen LogP contribution >= 0.6 is 11.6 Å². The molecular formula is C23H28ClN3O5S. The summed E-state index contributed by atoms with van der Waals surface area (Å²) in [5.74, 6) is -2.13. The lowest BCUT2D eigenvalue weighted by atomic mass is 10.0. The maximum atomic E-state index is 12.6. The van der Waals surface area contributed by atoms with E-state index in [-0.39, 0.29) is 6.42 Å². The molecule has 1 heterocycles. The van der Waals surface area contributed by atoms with E-state index >= 15 is 0 Å². The highest BCUT2D eigenvalue weighted by molar-refractivity contribution is 7.93. The smallest absolute Gasteiger partial charge is 0.307 e. The number of carbonyl (C=O) groups is 2. The van der Waals surface area contributed by atoms with E-state index in [1.165, 1.54) is 13.5 Å². The fourth-order valence-corrected chi connectivity index (χ4v) is 5.03. The number of rotatable bonds is 9. The molecule has 8 nitrogen and oxygen atoms in total. The van der Waals surface area contributed by atoms with Crippen LogP contribution in [-0.2, 0) is 24.3 Å². The van der Waals surface area contributed by atoms with Crippen molar-refractivity contribution in [2.24, 2.45) is 0 Å². The van der Waals surface area contributed by atoms with E-state index in [4.69, 9.17) is 11.6 Å². The maximum Gasteiger partial charge on any atom is 0.307 e. The molecule has 1 atom stereocenters. The molecule has 0 saturated carbocycles. The van der Waals surface area contributed by atoms with E-state index in [0.717, 1.165) is 31.6 Å². The third kappa shape index (κ3) is 7.36. The van der Waals surface area contributed by atoms with Gasteiger partial charge in [0.2, 0.25) is 15.9 Å². The van der Waals surface area contributed by atoms with Crippen LogP contribution in [0, 0.1) is 0 Å². The Labute approximate surface area is 199 Å². The number of benzene rings is 2. The van der Waals surface area contributed by atoms with Gasteiger partial charge in [0.1, 0.15) is 5.75 Å². The molecule has 0 aromatic heterocycles. The molecule has 10 heteroatoms. The molecule has 2 N–H and O–H groups in total. The molecule has 1 aliphatic heterocycles. The number of esters is 1. The molecule has 178 valence electrons. The Morgan fingerprint density at radius 1 is 1.06 bits per heavy atom. The van der Waals surface area contributed by atoms with Crippen molar-refractivity contribution in [3.63, 3.8) is 0 Å². The van der Waals surface area contributed by atoms with E-state index in [0.29, 0.717) is 16.3 Å². The van der Waals surface area contributed by atoms with Crippen LogP contribution in [0.4, 0.5) is 11.4 Å². The second-order valence-corrected chi connectivity index (χ2v) is 10.0. The number of piperidine rings is 1. The Hall–Kier alpha value is -2.78. The summed E-state index contributed by atoms with van der Waals surface area (Å²) in [6.45, 7) is 1.98. The predicted octanol–water partition coefficient (Wildman–Crippen LogP) is 3.49. The van der Waals surface area contributed by atoms with Crippen molar-refractivity contribution < 1.29 is 22.7 Å². The van der Waals surface area contributed by atoms with Crippen molar-refractivity contribution in [1.82, 2.24) is 5.32 Å². The molecule has 33 heavy (non-hydrogen) atoms. The van der Waals surface area contributed by atoms with Gasteiger partial charge in [-0.05, 0) is 55.2 Å². The molecule has 1 unspecified atom stereocenters. The molecule has 1 fully saturated rings. The molecule has 1 saturated heterocycles. The minimum atomic E-state index is -3.97. The number of ether oxygens (including phenoxy) is 1. The Balaban J connectivity index is 1.63. The largest absolute Gasteiger partial charge is 0.469 e. The van der Waals surface area contributed by atoms with Gasteiger partial charge in [-0.15, -0.1) is 0 Å². The first-order valence-corrected chi connectivity index (χ1v) is 12.8. The van der Waals surface area contributed by atoms with Crippen LogP contribution in [0.3, 0.4) is 0 Å². The van der Waals surface area contributed by atoms with Crippen LogP contribution in [0.2, 0.25) is 5.02 Å². The van der Waals surface area contributed by atoms with Gasteiger partial charge in [0.05, 0.1) is 19.6 Å². The van der Waals surface area contributed by atoms with Crippen molar-refractivity contribution >= 4 is 44.9 Å². The predicted molar refractivity (Wildman–Crippen MR) is 129 cm³/mol. The molecular weight excluding hydrogens is 466 g/mol. The quantitative estimate of drug-likeness (QED) is 0.518. The lowest BCUT2D eigenvalue weighted by Gasteiger charge is -2.28. The van der Waals surface area contributed by atoms with Crippen molar-refractivity contribution in [3.8, 4) is 0 Å². The van der Waals surface area contributed by atoms with Crippen LogP contribution in [0.5, 0.6) is 0 Å². The summed E-state index contributed by atoms with van der Waals surface area (Å²) < 4.78 is 32.2. The molecule has 1 amide bonds. The zero-order valence-corrected chi connectivity index (χ0v) is 20.0. The minimum absolute atomic E-state index is 0.183. The number of nitrogens with zero attached hydrogens (tertiary/aromatic N) is 1. The van der Waals surface area contributed by atoms with Crippen molar-refractivity contribution in [2.75, 3.05) is 35.6 Å². The summed E-state index contributed by atoms with van der Waals surface area (Å²) in [7, 11) is -2.73. The lowest BCUT2D eigenvalue weighted by molar-refractivity contribution is -0.141. The van der Waals surface area contributed by atoms with E-state index in [1.54, 1.807) is 36.4 Å². The van der Waals surface area contributed by atoms with Gasteiger partial charge in [-0.2, -0.15) is 0 Å². The number of sulfonamides is 1. The van der Waals surface area contributed by atoms with E-state index < -0.39 is 33.7 Å². The zero-order valence-electron chi connectivity index (χ0n) is 18.4. The molecule has 0 radical (unpaired) electrons. The lowest BCUT2D eigenvalue weighted by Crippen LogP contribution is -2.36. The summed E-state index contributed by atoms with van der Waals surface area (Å²) >= 11 is 6.20. The molecule has 0 bridgehead atoms. The Kier molecular flexibility index (Phi) is 8.57. The number of halogens is 1. The molecule has 2 aromatic carbocycles. The topological polar surface area (TPSA) is 105 Å². The van der Waals surface area contributed by atoms with E-state index in [9.17, 15) is 18.0 Å². The highest BCUT2D eigenvalue weighted by Gasteiger charge is 2.24. The van der Waals surface area contributed by atoms with Gasteiger partial charge >= 0.3 is 5.97 Å². The molecule has 0 aliphatic carbocycles. The second-order valence-electron chi connectivity index (χ2n) is 7.88. The van der Waals surface area contributed by atoms with E-state index in [1.807, 2.05) is 12.1 Å². The first-order valence-electron chi connectivity index (χ1n) is 10.7. The van der Waals surface area contributed by atoms with Crippen molar-refractivity contribution in [3.05, 3.63) is 59.1 Å². The van der Waals surface area contributed by atoms with Gasteiger partial charge in [-0.25, -0.2) is 8.42 Å². The van der Waals surface area contributed by atoms with Crippen LogP contribution in [0.15, 0.2) is 48.5 Å². The van der Waals surface area contributed by atoms with Crippen molar-refractivity contribution in [1.29, 1.82) is 0 Å². The Morgan fingerprint density at radius 3 is 2.36 bits per heavy atom. The Bertz CT molecular complexity index is 1070. The first-order chi connectivity index (χ1) is 15.8. The van der Waals surface area contributed by atoms with Gasteiger partial charge in [0, 0.05) is 29.5 Å². The number of methoxy groups -OCH3 is 1. The van der Waals surface area contributed by atoms with Gasteiger partial charge in [-0.1, -0.05) is 29.8 Å². The van der Waals surface area contributed by atoms with E-state index in [2.05, 4.69) is 19.7 Å². The Morgan fingerprint density at radius 2 is 1.73 bits per heavy atom. The number of anilines is 2. The average molecular weight is 494 g/mol. The minimum Gasteiger partial charge on any atom is -0.469 e. The summed E-state index contributed by atoms with van der Waals surface area (Å²) in [5, 5.41) is 2.93. The monoisotopic (exact) mass is 493 g/mol. The third-order valence-corrected chi connectivity index (χ3v) is 6.93.